The predicted octanol–water partition coefficient (Wildman–Crippen LogP) is 3.57. The van der Waals surface area contributed by atoms with Crippen LogP contribution in [-0.2, 0) is 17.8 Å². The molecule has 0 saturated heterocycles. The first-order valence-corrected chi connectivity index (χ1v) is 9.49. The molecule has 1 unspecified atom stereocenters. The Hall–Kier alpha value is -2.91. The summed E-state index contributed by atoms with van der Waals surface area (Å²) in [6.07, 6.45) is 1.05. The van der Waals surface area contributed by atoms with Gasteiger partial charge in [0.05, 0.1) is 7.05 Å². The van der Waals surface area contributed by atoms with Crippen LogP contribution in [0.5, 0.6) is 0 Å². The number of amides is 1. The minimum absolute atomic E-state index is 0.0288. The van der Waals surface area contributed by atoms with Crippen molar-refractivity contribution in [3.05, 3.63) is 90.0 Å². The zero-order valence-electron chi connectivity index (χ0n) is 16.0. The number of carbonyl (C=O) groups excluding carboxylic acids is 1. The molecule has 0 aliphatic rings. The molecule has 0 spiro atoms. The normalized spacial score (nSPS) is 11.8. The van der Waals surface area contributed by atoms with Crippen LogP contribution in [0, 0.1) is 0 Å². The van der Waals surface area contributed by atoms with Gasteiger partial charge in [-0.3, -0.25) is 4.79 Å². The monoisotopic (exact) mass is 359 g/mol. The summed E-state index contributed by atoms with van der Waals surface area (Å²) in [5.74, 6) is 0.0288. The summed E-state index contributed by atoms with van der Waals surface area (Å²) >= 11 is 0. The number of hydrogen-bond donors (Lipinski definition) is 2. The number of carbonyl (C=O) groups is 1. The molecular weight excluding hydrogens is 332 g/mol. The van der Waals surface area contributed by atoms with Crippen LogP contribution in [0.2, 0.25) is 0 Å². The van der Waals surface area contributed by atoms with Gasteiger partial charge in [-0.2, -0.15) is 0 Å². The quantitative estimate of drug-likeness (QED) is 0.664. The van der Waals surface area contributed by atoms with Gasteiger partial charge in [-0.25, -0.2) is 0 Å². The lowest BCUT2D eigenvalue weighted by Crippen LogP contribution is -3.08. The van der Waals surface area contributed by atoms with Gasteiger partial charge in [-0.1, -0.05) is 79.7 Å². The van der Waals surface area contributed by atoms with E-state index in [1.165, 1.54) is 11.1 Å². The molecule has 1 amide bonds. The molecule has 0 heterocycles. The maximum absolute atomic E-state index is 12.6. The Bertz CT molecular complexity index is 872. The third kappa shape index (κ3) is 5.28. The first kappa shape index (κ1) is 18.9. The van der Waals surface area contributed by atoms with E-state index in [2.05, 4.69) is 55.7 Å². The van der Waals surface area contributed by atoms with Crippen molar-refractivity contribution >= 4 is 11.6 Å². The van der Waals surface area contributed by atoms with Crippen LogP contribution in [0.15, 0.2) is 78.9 Å². The molecule has 3 aromatic carbocycles. The summed E-state index contributed by atoms with van der Waals surface area (Å²) in [6, 6.07) is 26.7. The fourth-order valence-electron chi connectivity index (χ4n) is 3.23. The van der Waals surface area contributed by atoms with E-state index in [0.29, 0.717) is 6.54 Å². The lowest BCUT2D eigenvalue weighted by atomic mass is 10.0. The number of benzene rings is 3. The van der Waals surface area contributed by atoms with E-state index in [1.807, 2.05) is 42.5 Å². The van der Waals surface area contributed by atoms with E-state index in [9.17, 15) is 4.79 Å². The summed E-state index contributed by atoms with van der Waals surface area (Å²) in [4.78, 5) is 13.7. The third-order valence-electron chi connectivity index (χ3n) is 4.69. The third-order valence-corrected chi connectivity index (χ3v) is 4.69. The van der Waals surface area contributed by atoms with Gasteiger partial charge in [-0.05, 0) is 23.6 Å². The smallest absolute Gasteiger partial charge is 0.279 e. The lowest BCUT2D eigenvalue weighted by molar-refractivity contribution is -0.885. The van der Waals surface area contributed by atoms with Crippen molar-refractivity contribution in [1.82, 2.24) is 0 Å². The highest BCUT2D eigenvalue weighted by molar-refractivity contribution is 5.96. The van der Waals surface area contributed by atoms with Crippen LogP contribution < -0.4 is 10.2 Å². The van der Waals surface area contributed by atoms with Crippen molar-refractivity contribution in [2.24, 2.45) is 0 Å². The van der Waals surface area contributed by atoms with Crippen LogP contribution >= 0.6 is 0 Å². The molecule has 0 aromatic heterocycles. The maximum atomic E-state index is 12.6. The molecule has 0 aliphatic heterocycles. The Morgan fingerprint density at radius 2 is 1.48 bits per heavy atom. The Morgan fingerprint density at radius 3 is 2.19 bits per heavy atom. The molecule has 2 N–H and O–H groups in total. The first-order chi connectivity index (χ1) is 13.2. The minimum Gasteiger partial charge on any atom is -0.326 e. The van der Waals surface area contributed by atoms with Gasteiger partial charge in [0.1, 0.15) is 6.54 Å². The Kier molecular flexibility index (Phi) is 6.39. The van der Waals surface area contributed by atoms with E-state index in [0.717, 1.165) is 34.7 Å². The number of para-hydroxylation sites is 1. The molecule has 0 radical (unpaired) electrons. The van der Waals surface area contributed by atoms with Crippen molar-refractivity contribution in [3.63, 3.8) is 0 Å². The van der Waals surface area contributed by atoms with Crippen molar-refractivity contribution in [1.29, 1.82) is 0 Å². The molecule has 0 fully saturated rings. The topological polar surface area (TPSA) is 33.5 Å². The fourth-order valence-corrected chi connectivity index (χ4v) is 3.23. The van der Waals surface area contributed by atoms with Crippen LogP contribution in [0.25, 0.3) is 11.1 Å². The van der Waals surface area contributed by atoms with Gasteiger partial charge in [-0.15, -0.1) is 0 Å². The second kappa shape index (κ2) is 9.15. The molecule has 0 aliphatic carbocycles. The van der Waals surface area contributed by atoms with E-state index < -0.39 is 0 Å². The number of aryl methyl sites for hydroxylation is 1. The van der Waals surface area contributed by atoms with Crippen molar-refractivity contribution in [3.8, 4) is 11.1 Å². The molecule has 3 rings (SSSR count). The van der Waals surface area contributed by atoms with Crippen molar-refractivity contribution in [2.45, 2.75) is 19.9 Å². The molecular formula is C24H27N2O+. The van der Waals surface area contributed by atoms with Crippen molar-refractivity contribution in [2.75, 3.05) is 18.9 Å². The van der Waals surface area contributed by atoms with E-state index >= 15 is 0 Å². The number of hydrogen-bond acceptors (Lipinski definition) is 1. The van der Waals surface area contributed by atoms with Crippen LogP contribution in [-0.4, -0.2) is 19.5 Å². The SMILES string of the molecule is CCc1ccc(C[NH+](C)CC(=O)Nc2ccccc2-c2ccccc2)cc1. The van der Waals surface area contributed by atoms with Gasteiger partial charge in [0.25, 0.3) is 5.91 Å². The highest BCUT2D eigenvalue weighted by Gasteiger charge is 2.13. The highest BCUT2D eigenvalue weighted by atomic mass is 16.2. The number of likely N-dealkylation sites (N-methyl/N-ethyl adjacent to an activating group) is 1. The first-order valence-electron chi connectivity index (χ1n) is 9.49. The molecule has 1 atom stereocenters. The predicted molar refractivity (Wildman–Crippen MR) is 112 cm³/mol. The van der Waals surface area contributed by atoms with Gasteiger partial charge in [0.2, 0.25) is 0 Å². The molecule has 27 heavy (non-hydrogen) atoms. The molecule has 0 saturated carbocycles. The van der Waals surface area contributed by atoms with Crippen LogP contribution in [0.1, 0.15) is 18.1 Å². The van der Waals surface area contributed by atoms with Crippen LogP contribution in [0.3, 0.4) is 0 Å². The Morgan fingerprint density at radius 1 is 0.852 bits per heavy atom. The minimum atomic E-state index is 0.0288. The highest BCUT2D eigenvalue weighted by Crippen LogP contribution is 2.27. The van der Waals surface area contributed by atoms with Gasteiger partial charge >= 0.3 is 0 Å². The van der Waals surface area contributed by atoms with Crippen LogP contribution in [0.4, 0.5) is 5.69 Å². The number of anilines is 1. The fraction of sp³-hybridized carbons (Fsp3) is 0.208. The second-order valence-electron chi connectivity index (χ2n) is 6.94. The standard InChI is InChI=1S/C24H26N2O/c1-3-19-13-15-20(16-14-19)17-26(2)18-24(27)25-23-12-8-7-11-22(23)21-9-5-4-6-10-21/h4-16H,3,17-18H2,1-2H3,(H,25,27)/p+1. The molecule has 138 valence electrons. The average Bonchev–Trinajstić information content (AvgIpc) is 2.69. The van der Waals surface area contributed by atoms with E-state index in [-0.39, 0.29) is 5.91 Å². The summed E-state index contributed by atoms with van der Waals surface area (Å²) in [5, 5.41) is 3.08. The zero-order chi connectivity index (χ0) is 19.1. The lowest BCUT2D eigenvalue weighted by Gasteiger charge is -2.15. The molecule has 3 nitrogen and oxygen atoms in total. The summed E-state index contributed by atoms with van der Waals surface area (Å²) in [5.41, 5.74) is 5.59. The molecule has 0 bridgehead atoms. The van der Waals surface area contributed by atoms with E-state index in [4.69, 9.17) is 0 Å². The Balaban J connectivity index is 1.62. The number of rotatable bonds is 7. The van der Waals surface area contributed by atoms with E-state index in [1.54, 1.807) is 0 Å². The maximum Gasteiger partial charge on any atom is 0.279 e. The summed E-state index contributed by atoms with van der Waals surface area (Å²) in [6.45, 7) is 3.42. The largest absolute Gasteiger partial charge is 0.326 e. The number of nitrogens with one attached hydrogen (secondary N) is 2. The van der Waals surface area contributed by atoms with Gasteiger partial charge in [0, 0.05) is 16.8 Å². The molecule has 3 heteroatoms. The summed E-state index contributed by atoms with van der Waals surface area (Å²) in [7, 11) is 2.05. The second-order valence-corrected chi connectivity index (χ2v) is 6.94. The summed E-state index contributed by atoms with van der Waals surface area (Å²) < 4.78 is 0. The zero-order valence-corrected chi connectivity index (χ0v) is 16.0. The van der Waals surface area contributed by atoms with Crippen molar-refractivity contribution < 1.29 is 9.69 Å². The van der Waals surface area contributed by atoms with Gasteiger partial charge < -0.3 is 10.2 Å². The molecule has 3 aromatic rings. The Labute approximate surface area is 161 Å². The number of quaternary nitrogens is 1. The van der Waals surface area contributed by atoms with Gasteiger partial charge in [0.15, 0.2) is 6.54 Å². The average molecular weight is 359 g/mol.